The SMILES string of the molecule is C[Si](C)(C)CCOCn1c(C#N)nc2c(F)c(Br)c(F)cc21. The zero-order chi connectivity index (χ0) is 16.5. The summed E-state index contributed by atoms with van der Waals surface area (Å²) in [5.41, 5.74) is 0.168. The molecule has 8 heteroatoms. The van der Waals surface area contributed by atoms with Crippen molar-refractivity contribution in [3.63, 3.8) is 0 Å². The van der Waals surface area contributed by atoms with Crippen LogP contribution >= 0.6 is 15.9 Å². The largest absolute Gasteiger partial charge is 0.361 e. The summed E-state index contributed by atoms with van der Waals surface area (Å²) >= 11 is 2.83. The van der Waals surface area contributed by atoms with Gasteiger partial charge in [-0.15, -0.1) is 0 Å². The van der Waals surface area contributed by atoms with Crippen molar-refractivity contribution in [2.75, 3.05) is 6.61 Å². The van der Waals surface area contributed by atoms with Crippen molar-refractivity contribution in [1.82, 2.24) is 9.55 Å². The molecular weight excluding hydrogens is 372 g/mol. The molecule has 1 heterocycles. The smallest absolute Gasteiger partial charge is 0.215 e. The van der Waals surface area contributed by atoms with Crippen LogP contribution in [0.15, 0.2) is 10.5 Å². The number of benzene rings is 1. The topological polar surface area (TPSA) is 50.8 Å². The molecule has 0 saturated heterocycles. The lowest BCUT2D eigenvalue weighted by molar-refractivity contribution is 0.0892. The van der Waals surface area contributed by atoms with Crippen molar-refractivity contribution in [3.8, 4) is 6.07 Å². The van der Waals surface area contributed by atoms with Gasteiger partial charge in [0.15, 0.2) is 5.82 Å². The van der Waals surface area contributed by atoms with E-state index in [0.717, 1.165) is 12.1 Å². The van der Waals surface area contributed by atoms with Crippen LogP contribution in [0, 0.1) is 23.0 Å². The van der Waals surface area contributed by atoms with Crippen molar-refractivity contribution < 1.29 is 13.5 Å². The Hall–Kier alpha value is -1.30. The highest BCUT2D eigenvalue weighted by Crippen LogP contribution is 2.28. The molecule has 0 fully saturated rings. The van der Waals surface area contributed by atoms with Gasteiger partial charge in [0.1, 0.15) is 24.1 Å². The summed E-state index contributed by atoms with van der Waals surface area (Å²) in [6.07, 6.45) is 0. The lowest BCUT2D eigenvalue weighted by Gasteiger charge is -2.15. The third-order valence-electron chi connectivity index (χ3n) is 3.20. The normalized spacial score (nSPS) is 11.9. The van der Waals surface area contributed by atoms with Gasteiger partial charge < -0.3 is 4.74 Å². The maximum Gasteiger partial charge on any atom is 0.215 e. The van der Waals surface area contributed by atoms with E-state index in [2.05, 4.69) is 40.6 Å². The van der Waals surface area contributed by atoms with Gasteiger partial charge in [0, 0.05) is 20.7 Å². The zero-order valence-corrected chi connectivity index (χ0v) is 15.2. The monoisotopic (exact) mass is 387 g/mol. The molecule has 0 saturated carbocycles. The molecule has 2 aromatic rings. The molecule has 0 spiro atoms. The molecule has 22 heavy (non-hydrogen) atoms. The van der Waals surface area contributed by atoms with E-state index in [-0.39, 0.29) is 28.1 Å². The van der Waals surface area contributed by atoms with E-state index in [4.69, 9.17) is 10.00 Å². The average Bonchev–Trinajstić information content (AvgIpc) is 2.78. The Morgan fingerprint density at radius 3 is 2.68 bits per heavy atom. The van der Waals surface area contributed by atoms with Crippen LogP contribution in [0.1, 0.15) is 5.82 Å². The van der Waals surface area contributed by atoms with Crippen LogP contribution in [0.3, 0.4) is 0 Å². The minimum Gasteiger partial charge on any atom is -0.361 e. The number of hydrogen-bond acceptors (Lipinski definition) is 3. The van der Waals surface area contributed by atoms with Gasteiger partial charge in [-0.05, 0) is 22.0 Å². The quantitative estimate of drug-likeness (QED) is 0.437. The summed E-state index contributed by atoms with van der Waals surface area (Å²) in [5, 5.41) is 9.12. The molecule has 0 amide bonds. The number of rotatable bonds is 5. The summed E-state index contributed by atoms with van der Waals surface area (Å²) < 4.78 is 34.4. The summed E-state index contributed by atoms with van der Waals surface area (Å²) in [4.78, 5) is 3.92. The number of hydrogen-bond donors (Lipinski definition) is 0. The van der Waals surface area contributed by atoms with Crippen molar-refractivity contribution in [2.45, 2.75) is 32.4 Å². The number of nitrogens with zero attached hydrogens (tertiary/aromatic N) is 3. The Labute approximate surface area is 136 Å². The van der Waals surface area contributed by atoms with Crippen LogP contribution < -0.4 is 0 Å². The van der Waals surface area contributed by atoms with Crippen LogP contribution in [0.4, 0.5) is 8.78 Å². The number of nitriles is 1. The fraction of sp³-hybridized carbons (Fsp3) is 0.429. The molecule has 0 aliphatic rings. The van der Waals surface area contributed by atoms with Crippen LogP contribution in [0.2, 0.25) is 25.7 Å². The van der Waals surface area contributed by atoms with Gasteiger partial charge >= 0.3 is 0 Å². The van der Waals surface area contributed by atoms with Crippen LogP contribution in [-0.2, 0) is 11.5 Å². The number of imidazole rings is 1. The number of halogens is 3. The Kier molecular flexibility index (Phi) is 4.99. The van der Waals surface area contributed by atoms with Crippen LogP contribution in [0.5, 0.6) is 0 Å². The van der Waals surface area contributed by atoms with Crippen molar-refractivity contribution in [3.05, 3.63) is 28.0 Å². The van der Waals surface area contributed by atoms with E-state index >= 15 is 0 Å². The molecule has 118 valence electrons. The summed E-state index contributed by atoms with van der Waals surface area (Å²) in [7, 11) is -1.22. The standard InChI is InChI=1S/C14H16BrF2N3OSi/c1-22(2,3)5-4-21-8-20-10-6-9(16)12(15)13(17)14(10)19-11(20)7-18/h6H,4-5,8H2,1-3H3. The Bertz CT molecular complexity index is 749. The van der Waals surface area contributed by atoms with Crippen LogP contribution in [0.25, 0.3) is 11.0 Å². The molecule has 2 rings (SSSR count). The van der Waals surface area contributed by atoms with Gasteiger partial charge in [-0.1, -0.05) is 19.6 Å². The molecule has 1 aromatic carbocycles. The van der Waals surface area contributed by atoms with Gasteiger partial charge in [-0.25, -0.2) is 13.8 Å². The maximum absolute atomic E-state index is 14.0. The lowest BCUT2D eigenvalue weighted by atomic mass is 10.3. The van der Waals surface area contributed by atoms with E-state index in [1.54, 1.807) is 0 Å². The Balaban J connectivity index is 2.31. The minimum absolute atomic E-state index is 0.000552. The average molecular weight is 388 g/mol. The number of fused-ring (bicyclic) bond motifs is 1. The Morgan fingerprint density at radius 2 is 2.09 bits per heavy atom. The van der Waals surface area contributed by atoms with Gasteiger partial charge in [0.25, 0.3) is 0 Å². The molecular formula is C14H16BrF2N3OSi. The second kappa shape index (κ2) is 6.44. The molecule has 4 nitrogen and oxygen atoms in total. The van der Waals surface area contributed by atoms with E-state index in [1.807, 2.05) is 6.07 Å². The third kappa shape index (κ3) is 3.54. The molecule has 1 aromatic heterocycles. The fourth-order valence-corrected chi connectivity index (χ4v) is 2.97. The second-order valence-electron chi connectivity index (χ2n) is 6.18. The molecule has 0 aliphatic carbocycles. The van der Waals surface area contributed by atoms with E-state index in [1.165, 1.54) is 4.57 Å². The molecule has 0 bridgehead atoms. The summed E-state index contributed by atoms with van der Waals surface area (Å²) in [6.45, 7) is 7.27. The second-order valence-corrected chi connectivity index (χ2v) is 12.6. The Morgan fingerprint density at radius 1 is 1.41 bits per heavy atom. The van der Waals surface area contributed by atoms with Gasteiger partial charge in [-0.3, -0.25) is 4.57 Å². The first kappa shape index (κ1) is 17.1. The molecule has 0 N–H and O–H groups in total. The highest BCUT2D eigenvalue weighted by atomic mass is 79.9. The van der Waals surface area contributed by atoms with Crippen LogP contribution in [-0.4, -0.2) is 24.2 Å². The molecule has 0 aliphatic heterocycles. The predicted molar refractivity (Wildman–Crippen MR) is 86.2 cm³/mol. The first-order valence-electron chi connectivity index (χ1n) is 6.76. The van der Waals surface area contributed by atoms with E-state index < -0.39 is 19.7 Å². The first-order chi connectivity index (χ1) is 10.2. The van der Waals surface area contributed by atoms with Crippen molar-refractivity contribution >= 4 is 35.0 Å². The maximum atomic E-state index is 14.0. The van der Waals surface area contributed by atoms with Gasteiger partial charge in [0.2, 0.25) is 5.82 Å². The highest BCUT2D eigenvalue weighted by molar-refractivity contribution is 9.10. The lowest BCUT2D eigenvalue weighted by Crippen LogP contribution is -2.22. The summed E-state index contributed by atoms with van der Waals surface area (Å²) in [5.74, 6) is -1.55. The third-order valence-corrected chi connectivity index (χ3v) is 5.63. The van der Waals surface area contributed by atoms with Crippen molar-refractivity contribution in [2.24, 2.45) is 0 Å². The van der Waals surface area contributed by atoms with Gasteiger partial charge in [0.05, 0.1) is 9.99 Å². The molecule has 0 radical (unpaired) electrons. The van der Waals surface area contributed by atoms with E-state index in [0.29, 0.717) is 6.61 Å². The van der Waals surface area contributed by atoms with Gasteiger partial charge in [-0.2, -0.15) is 5.26 Å². The first-order valence-corrected chi connectivity index (χ1v) is 11.3. The molecule has 0 atom stereocenters. The minimum atomic E-state index is -1.22. The van der Waals surface area contributed by atoms with E-state index in [9.17, 15) is 8.78 Å². The van der Waals surface area contributed by atoms with Crippen molar-refractivity contribution in [1.29, 1.82) is 5.26 Å². The fourth-order valence-electron chi connectivity index (χ4n) is 1.92. The highest BCUT2D eigenvalue weighted by Gasteiger charge is 2.19. The zero-order valence-electron chi connectivity index (χ0n) is 12.6. The predicted octanol–water partition coefficient (Wildman–Crippen LogP) is 4.26. The number of ether oxygens (including phenoxy) is 1. The summed E-state index contributed by atoms with van der Waals surface area (Å²) in [6, 6.07) is 4.00. The molecule has 0 unspecified atom stereocenters. The number of aromatic nitrogens is 2.